The van der Waals surface area contributed by atoms with Crippen molar-refractivity contribution in [3.63, 3.8) is 0 Å². The average molecular weight is 355 g/mol. The molecular weight excluding hydrogens is 339 g/mol. The van der Waals surface area contributed by atoms with Gasteiger partial charge in [0.05, 0.1) is 11.6 Å². The summed E-state index contributed by atoms with van der Waals surface area (Å²) in [6.45, 7) is 4.06. The van der Waals surface area contributed by atoms with Crippen LogP contribution in [0, 0.1) is 0 Å². The number of halogens is 2. The number of carbonyl (C=O) groups excluding carboxylic acids is 1. The second-order valence-corrected chi connectivity index (χ2v) is 5.68. The maximum Gasteiger partial charge on any atom is 0.270 e. The van der Waals surface area contributed by atoms with Crippen LogP contribution in [0.25, 0.3) is 0 Å². The molecule has 23 heavy (non-hydrogen) atoms. The summed E-state index contributed by atoms with van der Waals surface area (Å²) in [5, 5.41) is 2.99. The van der Waals surface area contributed by atoms with Gasteiger partial charge < -0.3 is 14.6 Å². The number of hydrogen-bond donors (Lipinski definition) is 1. The number of ether oxygens (including phenoxy) is 1. The SMILES string of the molecule is CCOc1ccc(NC(=O)C(C)n2cc(Cl)cc(Cl)c2=O)cc1. The summed E-state index contributed by atoms with van der Waals surface area (Å²) in [7, 11) is 0. The highest BCUT2D eigenvalue weighted by Gasteiger charge is 2.18. The van der Waals surface area contributed by atoms with Gasteiger partial charge in [-0.2, -0.15) is 0 Å². The number of nitrogens with zero attached hydrogens (tertiary/aromatic N) is 1. The smallest absolute Gasteiger partial charge is 0.270 e. The zero-order valence-electron chi connectivity index (χ0n) is 12.7. The van der Waals surface area contributed by atoms with Crippen molar-refractivity contribution in [2.45, 2.75) is 19.9 Å². The van der Waals surface area contributed by atoms with Gasteiger partial charge in [-0.15, -0.1) is 0 Å². The molecule has 1 N–H and O–H groups in total. The number of nitrogens with one attached hydrogen (secondary N) is 1. The van der Waals surface area contributed by atoms with E-state index in [9.17, 15) is 9.59 Å². The molecule has 0 radical (unpaired) electrons. The van der Waals surface area contributed by atoms with Crippen LogP contribution in [0.1, 0.15) is 19.9 Å². The molecule has 1 heterocycles. The third kappa shape index (κ3) is 4.27. The van der Waals surface area contributed by atoms with Gasteiger partial charge in [-0.1, -0.05) is 23.2 Å². The largest absolute Gasteiger partial charge is 0.494 e. The molecule has 1 aromatic heterocycles. The van der Waals surface area contributed by atoms with E-state index in [4.69, 9.17) is 27.9 Å². The molecule has 0 saturated carbocycles. The highest BCUT2D eigenvalue weighted by atomic mass is 35.5. The molecule has 5 nitrogen and oxygen atoms in total. The van der Waals surface area contributed by atoms with Crippen LogP contribution in [0.5, 0.6) is 5.75 Å². The molecule has 1 amide bonds. The van der Waals surface area contributed by atoms with Crippen molar-refractivity contribution in [3.8, 4) is 5.75 Å². The minimum atomic E-state index is -0.759. The Morgan fingerprint density at radius 3 is 2.57 bits per heavy atom. The van der Waals surface area contributed by atoms with Gasteiger partial charge in [-0.05, 0) is 44.2 Å². The summed E-state index contributed by atoms with van der Waals surface area (Å²) in [4.78, 5) is 24.3. The highest BCUT2D eigenvalue weighted by Crippen LogP contribution is 2.18. The van der Waals surface area contributed by atoms with E-state index in [1.807, 2.05) is 6.92 Å². The van der Waals surface area contributed by atoms with Crippen molar-refractivity contribution in [2.24, 2.45) is 0 Å². The number of hydrogen-bond acceptors (Lipinski definition) is 3. The lowest BCUT2D eigenvalue weighted by molar-refractivity contribution is -0.118. The molecule has 2 aromatic rings. The van der Waals surface area contributed by atoms with Gasteiger partial charge in [0, 0.05) is 11.9 Å². The van der Waals surface area contributed by atoms with Crippen LogP contribution in [0.2, 0.25) is 10.0 Å². The summed E-state index contributed by atoms with van der Waals surface area (Å²) in [6.07, 6.45) is 1.39. The summed E-state index contributed by atoms with van der Waals surface area (Å²) in [6, 6.07) is 7.55. The predicted molar refractivity (Wildman–Crippen MR) is 91.7 cm³/mol. The third-order valence-corrected chi connectivity index (χ3v) is 3.67. The van der Waals surface area contributed by atoms with Gasteiger partial charge in [0.2, 0.25) is 5.91 Å². The molecule has 1 unspecified atom stereocenters. The molecule has 0 bridgehead atoms. The van der Waals surface area contributed by atoms with Crippen LogP contribution in [0.4, 0.5) is 5.69 Å². The van der Waals surface area contributed by atoms with Crippen molar-refractivity contribution in [2.75, 3.05) is 11.9 Å². The highest BCUT2D eigenvalue weighted by molar-refractivity contribution is 6.34. The maximum absolute atomic E-state index is 12.3. The molecule has 0 fully saturated rings. The fourth-order valence-electron chi connectivity index (χ4n) is 2.00. The van der Waals surface area contributed by atoms with Gasteiger partial charge in [-0.3, -0.25) is 9.59 Å². The lowest BCUT2D eigenvalue weighted by Crippen LogP contribution is -2.31. The predicted octanol–water partition coefficient (Wildman–Crippen LogP) is 3.75. The Bertz CT molecular complexity index is 757. The second-order valence-electron chi connectivity index (χ2n) is 4.84. The van der Waals surface area contributed by atoms with Gasteiger partial charge in [0.15, 0.2) is 0 Å². The molecule has 2 rings (SSSR count). The van der Waals surface area contributed by atoms with Crippen LogP contribution >= 0.6 is 23.2 Å². The minimum absolute atomic E-state index is 0.0294. The quantitative estimate of drug-likeness (QED) is 0.889. The van der Waals surface area contributed by atoms with E-state index < -0.39 is 11.6 Å². The third-order valence-electron chi connectivity index (χ3n) is 3.20. The number of benzene rings is 1. The first-order valence-corrected chi connectivity index (χ1v) is 7.79. The van der Waals surface area contributed by atoms with Crippen LogP contribution in [-0.2, 0) is 4.79 Å². The fraction of sp³-hybridized carbons (Fsp3) is 0.250. The van der Waals surface area contributed by atoms with Gasteiger partial charge in [-0.25, -0.2) is 0 Å². The Morgan fingerprint density at radius 2 is 1.96 bits per heavy atom. The van der Waals surface area contributed by atoms with E-state index in [1.165, 1.54) is 16.8 Å². The average Bonchev–Trinajstić information content (AvgIpc) is 2.52. The number of aromatic nitrogens is 1. The minimum Gasteiger partial charge on any atom is -0.494 e. The topological polar surface area (TPSA) is 60.3 Å². The fourth-order valence-corrected chi connectivity index (χ4v) is 2.48. The van der Waals surface area contributed by atoms with Crippen molar-refractivity contribution >= 4 is 34.8 Å². The zero-order chi connectivity index (χ0) is 17.0. The molecular formula is C16H16Cl2N2O3. The maximum atomic E-state index is 12.3. The van der Waals surface area contributed by atoms with Gasteiger partial charge >= 0.3 is 0 Å². The normalized spacial score (nSPS) is 11.8. The van der Waals surface area contributed by atoms with E-state index in [2.05, 4.69) is 5.32 Å². The second kappa shape index (κ2) is 7.53. The zero-order valence-corrected chi connectivity index (χ0v) is 14.2. The Morgan fingerprint density at radius 1 is 1.30 bits per heavy atom. The summed E-state index contributed by atoms with van der Waals surface area (Å²) < 4.78 is 6.54. The number of rotatable bonds is 5. The standard InChI is InChI=1S/C16H16Cl2N2O3/c1-3-23-13-6-4-12(5-7-13)19-15(21)10(2)20-9-11(17)8-14(18)16(20)22/h4-10H,3H2,1-2H3,(H,19,21). The first-order valence-electron chi connectivity index (χ1n) is 7.03. The number of pyridine rings is 1. The van der Waals surface area contributed by atoms with Crippen LogP contribution in [0.3, 0.4) is 0 Å². The molecule has 7 heteroatoms. The van der Waals surface area contributed by atoms with Gasteiger partial charge in [0.25, 0.3) is 5.56 Å². The van der Waals surface area contributed by atoms with E-state index in [0.717, 1.165) is 5.75 Å². The van der Waals surface area contributed by atoms with Crippen LogP contribution in [-0.4, -0.2) is 17.1 Å². The number of carbonyl (C=O) groups is 1. The van der Waals surface area contributed by atoms with E-state index >= 15 is 0 Å². The van der Waals surface area contributed by atoms with Crippen LogP contribution in [0.15, 0.2) is 41.3 Å². The monoisotopic (exact) mass is 354 g/mol. The lowest BCUT2D eigenvalue weighted by Gasteiger charge is -2.16. The van der Waals surface area contributed by atoms with E-state index in [0.29, 0.717) is 12.3 Å². The number of amides is 1. The molecule has 122 valence electrons. The Kier molecular flexibility index (Phi) is 5.69. The van der Waals surface area contributed by atoms with E-state index in [-0.39, 0.29) is 16.0 Å². The van der Waals surface area contributed by atoms with E-state index in [1.54, 1.807) is 31.2 Å². The first kappa shape index (κ1) is 17.4. The van der Waals surface area contributed by atoms with Gasteiger partial charge in [0.1, 0.15) is 16.8 Å². The molecule has 0 aliphatic carbocycles. The summed E-state index contributed by atoms with van der Waals surface area (Å²) in [5.74, 6) is 0.367. The van der Waals surface area contributed by atoms with Crippen molar-refractivity contribution < 1.29 is 9.53 Å². The first-order chi connectivity index (χ1) is 10.9. The molecule has 1 atom stereocenters. The molecule has 0 aliphatic rings. The van der Waals surface area contributed by atoms with Crippen molar-refractivity contribution in [1.29, 1.82) is 0 Å². The number of anilines is 1. The lowest BCUT2D eigenvalue weighted by atomic mass is 10.2. The Hall–Kier alpha value is -1.98. The Labute approximate surface area is 143 Å². The van der Waals surface area contributed by atoms with Crippen LogP contribution < -0.4 is 15.6 Å². The van der Waals surface area contributed by atoms with Crippen molar-refractivity contribution in [3.05, 3.63) is 56.9 Å². The Balaban J connectivity index is 2.15. The molecule has 0 aliphatic heterocycles. The molecule has 0 spiro atoms. The molecule has 0 saturated heterocycles. The summed E-state index contributed by atoms with van der Waals surface area (Å²) >= 11 is 11.7. The van der Waals surface area contributed by atoms with Crippen molar-refractivity contribution in [1.82, 2.24) is 4.57 Å². The summed E-state index contributed by atoms with van der Waals surface area (Å²) in [5.41, 5.74) is 0.136. The molecule has 1 aromatic carbocycles.